The molecule has 1 fully saturated rings. The minimum absolute atomic E-state index is 0.119. The van der Waals surface area contributed by atoms with E-state index in [1.807, 2.05) is 0 Å². The van der Waals surface area contributed by atoms with Crippen molar-refractivity contribution in [1.29, 1.82) is 0 Å². The van der Waals surface area contributed by atoms with E-state index in [1.165, 1.54) is 18.4 Å². The third-order valence-corrected chi connectivity index (χ3v) is 5.37. The van der Waals surface area contributed by atoms with Gasteiger partial charge in [0.1, 0.15) is 12.3 Å². The Morgan fingerprint density at radius 1 is 1.38 bits per heavy atom. The van der Waals surface area contributed by atoms with Gasteiger partial charge in [-0.25, -0.2) is 4.79 Å². The summed E-state index contributed by atoms with van der Waals surface area (Å²) in [6.07, 6.45) is 2.27. The number of piperidine rings is 1. The molecule has 6 nitrogen and oxygen atoms in total. The van der Waals surface area contributed by atoms with E-state index in [4.69, 9.17) is 4.42 Å². The highest BCUT2D eigenvalue weighted by Crippen LogP contribution is 2.29. The average molecular weight is 360 g/mol. The lowest BCUT2D eigenvalue weighted by molar-refractivity contribution is -0.922. The predicted molar refractivity (Wildman–Crippen MR) is 97.4 cm³/mol. The van der Waals surface area contributed by atoms with Crippen molar-refractivity contribution in [3.05, 3.63) is 39.2 Å². The maximum Gasteiger partial charge on any atom is 0.340 e. The van der Waals surface area contributed by atoms with Gasteiger partial charge in [-0.3, -0.25) is 4.79 Å². The fraction of sp³-hybridized carbons (Fsp3) is 0.500. The summed E-state index contributed by atoms with van der Waals surface area (Å²) < 4.78 is 10.2. The van der Waals surface area contributed by atoms with Crippen LogP contribution < -0.4 is 10.5 Å². The van der Waals surface area contributed by atoms with Gasteiger partial charge in [0.25, 0.3) is 0 Å². The van der Waals surface area contributed by atoms with E-state index in [-0.39, 0.29) is 12.2 Å². The number of phenols is 1. The Hall–Kier alpha value is -2.34. The number of aryl methyl sites for hydroxylation is 1. The third kappa shape index (κ3) is 3.60. The van der Waals surface area contributed by atoms with Crippen LogP contribution in [0, 0.1) is 12.8 Å². The first-order valence-corrected chi connectivity index (χ1v) is 9.08. The van der Waals surface area contributed by atoms with Gasteiger partial charge in [-0.2, -0.15) is 0 Å². The summed E-state index contributed by atoms with van der Waals surface area (Å²) in [5, 5.41) is 11.1. The number of esters is 1. The van der Waals surface area contributed by atoms with Crippen LogP contribution >= 0.6 is 0 Å². The lowest BCUT2D eigenvalue weighted by atomic mass is 9.98. The van der Waals surface area contributed by atoms with Crippen LogP contribution in [0.5, 0.6) is 5.75 Å². The molecule has 3 rings (SSSR count). The molecule has 6 heteroatoms. The van der Waals surface area contributed by atoms with Crippen molar-refractivity contribution in [3.63, 3.8) is 0 Å². The summed E-state index contributed by atoms with van der Waals surface area (Å²) in [6, 6.07) is 3.38. The van der Waals surface area contributed by atoms with Crippen molar-refractivity contribution < 1.29 is 24.0 Å². The predicted octanol–water partition coefficient (Wildman–Crippen LogP) is 1.34. The number of aromatic hydroxyl groups is 1. The maximum absolute atomic E-state index is 12.5. The van der Waals surface area contributed by atoms with Crippen LogP contribution in [0.25, 0.3) is 11.0 Å². The van der Waals surface area contributed by atoms with E-state index < -0.39 is 11.6 Å². The van der Waals surface area contributed by atoms with Crippen molar-refractivity contribution >= 4 is 16.9 Å². The molecule has 0 saturated carbocycles. The molecule has 0 bridgehead atoms. The molecule has 1 aliphatic rings. The van der Waals surface area contributed by atoms with E-state index in [0.29, 0.717) is 34.7 Å². The van der Waals surface area contributed by atoms with Crippen LogP contribution in [0.15, 0.2) is 21.3 Å². The number of quaternary nitrogens is 1. The van der Waals surface area contributed by atoms with Gasteiger partial charge in [0, 0.05) is 11.3 Å². The van der Waals surface area contributed by atoms with Crippen molar-refractivity contribution in [2.45, 2.75) is 39.7 Å². The molecule has 1 unspecified atom stereocenters. The third-order valence-electron chi connectivity index (χ3n) is 5.37. The largest absolute Gasteiger partial charge is 0.507 e. The van der Waals surface area contributed by atoms with Gasteiger partial charge in [0.15, 0.2) is 5.58 Å². The zero-order chi connectivity index (χ0) is 18.8. The normalized spacial score (nSPS) is 20.3. The molecule has 1 aliphatic heterocycles. The summed E-state index contributed by atoms with van der Waals surface area (Å²) in [6.45, 7) is 6.75. The quantitative estimate of drug-likeness (QED) is 0.635. The van der Waals surface area contributed by atoms with Gasteiger partial charge in [0.2, 0.25) is 0 Å². The van der Waals surface area contributed by atoms with Crippen molar-refractivity contribution in [1.82, 2.24) is 0 Å². The molecule has 140 valence electrons. The number of fused-ring (bicyclic) bond motifs is 1. The molecule has 0 aliphatic carbocycles. The fourth-order valence-corrected chi connectivity index (χ4v) is 3.90. The number of rotatable bonds is 4. The second-order valence-corrected chi connectivity index (χ2v) is 7.31. The second-order valence-electron chi connectivity index (χ2n) is 7.31. The zero-order valence-corrected chi connectivity index (χ0v) is 15.6. The number of ether oxygens (including phenoxy) is 1. The molecule has 0 spiro atoms. The molecule has 1 aromatic carbocycles. The topological polar surface area (TPSA) is 81.2 Å². The zero-order valence-electron chi connectivity index (χ0n) is 15.6. The Morgan fingerprint density at radius 2 is 2.15 bits per heavy atom. The molecule has 2 N–H and O–H groups in total. The van der Waals surface area contributed by atoms with E-state index in [1.54, 1.807) is 19.1 Å². The Balaban J connectivity index is 2.05. The van der Waals surface area contributed by atoms with Crippen LogP contribution in [-0.4, -0.2) is 31.3 Å². The first kappa shape index (κ1) is 18.5. The fourth-order valence-electron chi connectivity index (χ4n) is 3.90. The van der Waals surface area contributed by atoms with E-state index in [0.717, 1.165) is 24.9 Å². The first-order valence-electron chi connectivity index (χ1n) is 9.08. The monoisotopic (exact) mass is 360 g/mol. The Morgan fingerprint density at radius 3 is 2.85 bits per heavy atom. The molecule has 26 heavy (non-hydrogen) atoms. The number of phenolic OH excluding ortho intramolecular Hbond substituents is 1. The summed E-state index contributed by atoms with van der Waals surface area (Å²) in [5.74, 6) is 0.313. The molecule has 0 amide bonds. The smallest absolute Gasteiger partial charge is 0.340 e. The highest BCUT2D eigenvalue weighted by atomic mass is 16.5. The van der Waals surface area contributed by atoms with Crippen molar-refractivity contribution in [2.75, 3.05) is 20.2 Å². The molecule has 2 heterocycles. The molecule has 2 atom stereocenters. The highest BCUT2D eigenvalue weighted by molar-refractivity contribution is 5.86. The minimum Gasteiger partial charge on any atom is -0.507 e. The number of nitrogens with one attached hydrogen (secondary N) is 1. The summed E-state index contributed by atoms with van der Waals surface area (Å²) in [5.41, 5.74) is 1.54. The Bertz CT molecular complexity index is 886. The SMILES string of the molecule is COC(=O)Cc1c(C)c2ccc(O)c(C[NH+]3CCC[C@H](C)C3)c2oc1=O. The molecule has 1 saturated heterocycles. The lowest BCUT2D eigenvalue weighted by Crippen LogP contribution is -3.12. The maximum atomic E-state index is 12.5. The minimum atomic E-state index is -0.547. The molecule has 0 radical (unpaired) electrons. The van der Waals surface area contributed by atoms with Crippen molar-refractivity contribution in [3.8, 4) is 5.75 Å². The van der Waals surface area contributed by atoms with E-state index in [2.05, 4.69) is 11.7 Å². The van der Waals surface area contributed by atoms with Gasteiger partial charge < -0.3 is 19.2 Å². The number of hydrogen-bond donors (Lipinski definition) is 2. The number of carbonyl (C=O) groups excluding carboxylic acids is 1. The van der Waals surface area contributed by atoms with E-state index in [9.17, 15) is 14.7 Å². The first-order chi connectivity index (χ1) is 12.4. The number of carbonyl (C=O) groups is 1. The molecular formula is C20H26NO5+. The number of hydrogen-bond acceptors (Lipinski definition) is 5. The molecular weight excluding hydrogens is 334 g/mol. The summed E-state index contributed by atoms with van der Waals surface area (Å²) >= 11 is 0. The average Bonchev–Trinajstić information content (AvgIpc) is 2.61. The van der Waals surface area contributed by atoms with E-state index >= 15 is 0 Å². The second kappa shape index (κ2) is 7.50. The van der Waals surface area contributed by atoms with Gasteiger partial charge >= 0.3 is 11.6 Å². The Kier molecular flexibility index (Phi) is 5.32. The lowest BCUT2D eigenvalue weighted by Gasteiger charge is -2.28. The van der Waals surface area contributed by atoms with Gasteiger partial charge in [-0.05, 0) is 37.5 Å². The molecule has 2 aromatic rings. The van der Waals surface area contributed by atoms with Gasteiger partial charge in [-0.15, -0.1) is 0 Å². The summed E-state index contributed by atoms with van der Waals surface area (Å²) in [7, 11) is 1.29. The van der Waals surface area contributed by atoms with Crippen LogP contribution in [0.2, 0.25) is 0 Å². The number of likely N-dealkylation sites (tertiary alicyclic amines) is 1. The highest BCUT2D eigenvalue weighted by Gasteiger charge is 2.24. The number of benzene rings is 1. The van der Waals surface area contributed by atoms with Gasteiger partial charge in [0.05, 0.1) is 37.7 Å². The summed E-state index contributed by atoms with van der Waals surface area (Å²) in [4.78, 5) is 25.4. The van der Waals surface area contributed by atoms with Crippen LogP contribution in [0.3, 0.4) is 0 Å². The van der Waals surface area contributed by atoms with Crippen molar-refractivity contribution in [2.24, 2.45) is 5.92 Å². The van der Waals surface area contributed by atoms with Gasteiger partial charge in [-0.1, -0.05) is 6.92 Å². The van der Waals surface area contributed by atoms with Crippen LogP contribution in [0.4, 0.5) is 0 Å². The van der Waals surface area contributed by atoms with Crippen LogP contribution in [-0.2, 0) is 22.5 Å². The molecule has 1 aromatic heterocycles. The Labute approximate surface area is 152 Å². The van der Waals surface area contributed by atoms with Crippen LogP contribution in [0.1, 0.15) is 36.5 Å². The number of methoxy groups -OCH3 is 1. The standard InChI is InChI=1S/C20H25NO5/c1-12-5-4-8-21(10-12)11-16-17(22)7-6-14-13(2)15(9-18(23)25-3)20(24)26-19(14)16/h6-7,12,22H,4-5,8-11H2,1-3H3/p+1/t12-/m0/s1.